The summed E-state index contributed by atoms with van der Waals surface area (Å²) in [4.78, 5) is 85.5. The molecule has 2 bridgehead atoms. The van der Waals surface area contributed by atoms with Crippen molar-refractivity contribution in [3.63, 3.8) is 0 Å². The first kappa shape index (κ1) is 48.8. The number of carboxylic acid groups (broad SMARTS) is 2. The molecule has 0 fully saturated rings. The van der Waals surface area contributed by atoms with Gasteiger partial charge in [0.2, 0.25) is 18.7 Å². The minimum Gasteiger partial charge on any atom is -0.480 e. The standard InChI is InChI=1S/C36H59N7O14/c1-2-28(49)16-37-33(52)7-6-31(35(53)54)42-14-12-41(32(36(55)56)8-10-39(23-46)19-29(50)21-44)13-15-43(18-27-5-3-4-26(17-42)38-27)34(57-25-48)9-11-40(24-47)20-30(51)22-45/h3-5,23-25,28-32,34,44-45,49-51H,2,6-22H2,1H3,(H,37,52)(H,53,54)(H,55,56)/t28-,29+,30+,31+,32+,34-/m0/s1. The van der Waals surface area contributed by atoms with Crippen molar-refractivity contribution < 1.29 is 69.2 Å². The predicted molar refractivity (Wildman–Crippen MR) is 200 cm³/mol. The van der Waals surface area contributed by atoms with Gasteiger partial charge in [0.1, 0.15) is 12.1 Å². The van der Waals surface area contributed by atoms with Gasteiger partial charge in [0.25, 0.3) is 6.47 Å². The molecule has 1 aliphatic heterocycles. The van der Waals surface area contributed by atoms with Crippen molar-refractivity contribution in [2.45, 2.75) is 88.7 Å². The molecule has 0 aromatic carbocycles. The van der Waals surface area contributed by atoms with Crippen molar-refractivity contribution in [3.8, 4) is 0 Å². The molecule has 0 radical (unpaired) electrons. The highest BCUT2D eigenvalue weighted by Crippen LogP contribution is 2.19. The molecular formula is C36H59N7O14. The van der Waals surface area contributed by atoms with Crippen molar-refractivity contribution in [3.05, 3.63) is 29.6 Å². The van der Waals surface area contributed by atoms with Crippen LogP contribution < -0.4 is 5.32 Å². The number of aromatic nitrogens is 1. The largest absolute Gasteiger partial charge is 0.480 e. The van der Waals surface area contributed by atoms with Gasteiger partial charge in [0.05, 0.1) is 42.9 Å². The molecule has 0 spiro atoms. The van der Waals surface area contributed by atoms with Crippen LogP contribution in [0, 0.1) is 0 Å². The normalized spacial score (nSPS) is 17.6. The van der Waals surface area contributed by atoms with Gasteiger partial charge in [0, 0.05) is 84.8 Å². The van der Waals surface area contributed by atoms with Gasteiger partial charge in [-0.2, -0.15) is 0 Å². The van der Waals surface area contributed by atoms with Crippen LogP contribution in [-0.2, 0) is 46.6 Å². The van der Waals surface area contributed by atoms with E-state index < -0.39 is 67.7 Å². The Hall–Kier alpha value is -4.35. The SMILES string of the molecule is CC[C@H](O)CNC(=O)CC[C@H](C(=O)O)N1CCN([C@H](CCN(C=O)C[C@@H](O)CO)C(=O)O)CCN([C@H](CCN(C=O)C[C@@H](O)CO)OC=O)Cc2cccc(n2)C1. The molecule has 1 aliphatic rings. The molecule has 3 amide bonds. The lowest BCUT2D eigenvalue weighted by atomic mass is 10.1. The summed E-state index contributed by atoms with van der Waals surface area (Å²) in [5.74, 6) is -2.93. The van der Waals surface area contributed by atoms with Gasteiger partial charge >= 0.3 is 11.9 Å². The minimum atomic E-state index is -1.26. The van der Waals surface area contributed by atoms with Crippen LogP contribution in [0.4, 0.5) is 0 Å². The van der Waals surface area contributed by atoms with Gasteiger partial charge in [-0.05, 0) is 31.4 Å². The predicted octanol–water partition coefficient (Wildman–Crippen LogP) is -3.52. The van der Waals surface area contributed by atoms with Crippen LogP contribution in [0.25, 0.3) is 0 Å². The smallest absolute Gasteiger partial charge is 0.320 e. The van der Waals surface area contributed by atoms with E-state index in [1.807, 2.05) is 0 Å². The van der Waals surface area contributed by atoms with Gasteiger partial charge in [-0.15, -0.1) is 0 Å². The average Bonchev–Trinajstić information content (AvgIpc) is 3.19. The lowest BCUT2D eigenvalue weighted by Gasteiger charge is -2.37. The summed E-state index contributed by atoms with van der Waals surface area (Å²) < 4.78 is 5.46. The Morgan fingerprint density at radius 1 is 0.789 bits per heavy atom. The summed E-state index contributed by atoms with van der Waals surface area (Å²) in [6.07, 6.45) is -3.21. The number of fused-ring (bicyclic) bond motifs is 2. The van der Waals surface area contributed by atoms with E-state index in [9.17, 15) is 64.5 Å². The maximum atomic E-state index is 12.9. The van der Waals surface area contributed by atoms with Crippen LogP contribution in [0.1, 0.15) is 50.4 Å². The zero-order valence-electron chi connectivity index (χ0n) is 32.3. The fourth-order valence-electron chi connectivity index (χ4n) is 6.38. The second kappa shape index (κ2) is 26.5. The summed E-state index contributed by atoms with van der Waals surface area (Å²) in [6.45, 7) is 0.326. The Bertz CT molecular complexity index is 1400. The molecular weight excluding hydrogens is 754 g/mol. The van der Waals surface area contributed by atoms with Crippen molar-refractivity contribution in [2.75, 3.05) is 72.1 Å². The van der Waals surface area contributed by atoms with Crippen molar-refractivity contribution in [1.82, 2.24) is 34.8 Å². The number of rotatable bonds is 27. The number of carbonyl (C=O) groups is 6. The number of amides is 3. The van der Waals surface area contributed by atoms with E-state index in [1.54, 1.807) is 39.8 Å². The number of aliphatic hydroxyl groups is 5. The molecule has 322 valence electrons. The number of carboxylic acids is 2. The summed E-state index contributed by atoms with van der Waals surface area (Å²) in [6, 6.07) is 2.65. The Kier molecular flexibility index (Phi) is 22.7. The van der Waals surface area contributed by atoms with E-state index in [0.717, 1.165) is 4.90 Å². The number of ether oxygens (including phenoxy) is 1. The first-order valence-electron chi connectivity index (χ1n) is 18.9. The third-order valence-corrected chi connectivity index (χ3v) is 9.63. The van der Waals surface area contributed by atoms with Crippen LogP contribution in [0.5, 0.6) is 0 Å². The molecule has 8 N–H and O–H groups in total. The third-order valence-electron chi connectivity index (χ3n) is 9.63. The first-order chi connectivity index (χ1) is 27.3. The number of hydrogen-bond acceptors (Lipinski definition) is 16. The lowest BCUT2D eigenvalue weighted by molar-refractivity contribution is -0.148. The van der Waals surface area contributed by atoms with Gasteiger partial charge in [-0.25, -0.2) is 0 Å². The monoisotopic (exact) mass is 813 g/mol. The Balaban J connectivity index is 2.54. The zero-order chi connectivity index (χ0) is 42.3. The third kappa shape index (κ3) is 17.8. The zero-order valence-corrected chi connectivity index (χ0v) is 32.3. The van der Waals surface area contributed by atoms with Crippen molar-refractivity contribution >= 4 is 37.1 Å². The van der Waals surface area contributed by atoms with Crippen LogP contribution in [-0.4, -0.2) is 211 Å². The molecule has 1 aromatic rings. The Morgan fingerprint density at radius 3 is 1.81 bits per heavy atom. The number of hydrogen-bond donors (Lipinski definition) is 8. The lowest BCUT2D eigenvalue weighted by Crippen LogP contribution is -2.52. The van der Waals surface area contributed by atoms with Gasteiger partial charge in [-0.1, -0.05) is 13.0 Å². The number of pyridine rings is 1. The van der Waals surface area contributed by atoms with Crippen LogP contribution in [0.2, 0.25) is 0 Å². The molecule has 6 atom stereocenters. The second-order valence-corrected chi connectivity index (χ2v) is 13.8. The summed E-state index contributed by atoms with van der Waals surface area (Å²) >= 11 is 0. The quantitative estimate of drug-likeness (QED) is 0.0400. The molecule has 21 heteroatoms. The highest BCUT2D eigenvalue weighted by molar-refractivity contribution is 5.78. The molecule has 0 saturated heterocycles. The van der Waals surface area contributed by atoms with E-state index in [2.05, 4.69) is 5.32 Å². The van der Waals surface area contributed by atoms with Gasteiger partial charge in [0.15, 0.2) is 6.23 Å². The van der Waals surface area contributed by atoms with E-state index >= 15 is 0 Å². The number of carbonyl (C=O) groups excluding carboxylic acids is 4. The molecule has 57 heavy (non-hydrogen) atoms. The molecule has 21 nitrogen and oxygen atoms in total. The van der Waals surface area contributed by atoms with E-state index in [4.69, 9.17) is 9.72 Å². The topological polar surface area (TPSA) is 294 Å². The van der Waals surface area contributed by atoms with E-state index in [0.29, 0.717) is 30.6 Å². The summed E-state index contributed by atoms with van der Waals surface area (Å²) in [5, 5.41) is 71.6. The molecule has 0 saturated carbocycles. The number of aliphatic hydroxyl groups excluding tert-OH is 5. The Labute approximate surface area is 331 Å². The maximum Gasteiger partial charge on any atom is 0.320 e. The molecule has 1 aromatic heterocycles. The van der Waals surface area contributed by atoms with Crippen LogP contribution in [0.15, 0.2) is 18.2 Å². The number of nitrogens with one attached hydrogen (secondary N) is 1. The number of aliphatic carboxylic acids is 2. The molecule has 2 rings (SSSR count). The summed E-state index contributed by atoms with van der Waals surface area (Å²) in [7, 11) is 0. The summed E-state index contributed by atoms with van der Waals surface area (Å²) in [5.41, 5.74) is 0.944. The van der Waals surface area contributed by atoms with Gasteiger partial charge < -0.3 is 55.6 Å². The Morgan fingerprint density at radius 2 is 1.30 bits per heavy atom. The minimum absolute atomic E-state index is 0.00406. The fraction of sp³-hybridized carbons (Fsp3) is 0.694. The highest BCUT2D eigenvalue weighted by Gasteiger charge is 2.33. The van der Waals surface area contributed by atoms with Crippen LogP contribution >= 0.6 is 0 Å². The van der Waals surface area contributed by atoms with E-state index in [1.165, 1.54) is 4.90 Å². The van der Waals surface area contributed by atoms with E-state index in [-0.39, 0.29) is 104 Å². The molecule has 0 unspecified atom stereocenters. The second-order valence-electron chi connectivity index (χ2n) is 13.8. The van der Waals surface area contributed by atoms with Gasteiger partial charge in [-0.3, -0.25) is 48.5 Å². The first-order valence-corrected chi connectivity index (χ1v) is 18.9. The molecule has 2 heterocycles. The highest BCUT2D eigenvalue weighted by atomic mass is 16.5. The van der Waals surface area contributed by atoms with Crippen molar-refractivity contribution in [1.29, 1.82) is 0 Å². The van der Waals surface area contributed by atoms with Crippen molar-refractivity contribution in [2.24, 2.45) is 0 Å². The average molecular weight is 814 g/mol. The van der Waals surface area contributed by atoms with Crippen LogP contribution in [0.3, 0.4) is 0 Å². The maximum absolute atomic E-state index is 12.9. The molecule has 0 aliphatic carbocycles. The number of nitrogens with zero attached hydrogens (tertiary/aromatic N) is 6. The fourth-order valence-corrected chi connectivity index (χ4v) is 6.38.